The fourth-order valence-corrected chi connectivity index (χ4v) is 5.26. The van der Waals surface area contributed by atoms with Gasteiger partial charge in [0.2, 0.25) is 5.91 Å². The maximum absolute atomic E-state index is 14.1. The van der Waals surface area contributed by atoms with E-state index in [2.05, 4.69) is 16.0 Å². The molecule has 2 aromatic carbocycles. The number of alkyl carbamates (subject to hydrolysis) is 1. The van der Waals surface area contributed by atoms with E-state index in [-0.39, 0.29) is 31.3 Å². The van der Waals surface area contributed by atoms with E-state index >= 15 is 0 Å². The summed E-state index contributed by atoms with van der Waals surface area (Å²) < 4.78 is 11.1. The van der Waals surface area contributed by atoms with Crippen LogP contribution in [0.5, 0.6) is 0 Å². The highest BCUT2D eigenvalue weighted by atomic mass is 16.6. The largest absolute Gasteiger partial charge is 0.458 e. The van der Waals surface area contributed by atoms with Gasteiger partial charge in [0.05, 0.1) is 18.7 Å². The van der Waals surface area contributed by atoms with Gasteiger partial charge in [0, 0.05) is 6.54 Å². The van der Waals surface area contributed by atoms with Crippen molar-refractivity contribution < 1.29 is 33.8 Å². The van der Waals surface area contributed by atoms with Crippen molar-refractivity contribution >= 4 is 24.0 Å². The highest BCUT2D eigenvalue weighted by Crippen LogP contribution is 2.16. The quantitative estimate of drug-likeness (QED) is 0.158. The third-order valence-electron chi connectivity index (χ3n) is 7.41. The molecule has 0 bridgehead atoms. The minimum Gasteiger partial charge on any atom is -0.458 e. The van der Waals surface area contributed by atoms with Gasteiger partial charge in [-0.3, -0.25) is 4.79 Å². The smallest absolute Gasteiger partial charge is 0.407 e. The molecule has 278 valence electrons. The highest BCUT2D eigenvalue weighted by molar-refractivity contribution is 5.90. The van der Waals surface area contributed by atoms with Crippen LogP contribution in [0, 0.1) is 11.8 Å². The van der Waals surface area contributed by atoms with E-state index in [0.717, 1.165) is 11.1 Å². The Balaban J connectivity index is 2.38. The molecule has 0 aliphatic carbocycles. The minimum atomic E-state index is -1.21. The van der Waals surface area contributed by atoms with E-state index in [4.69, 9.17) is 9.47 Å². The Morgan fingerprint density at radius 2 is 1.20 bits per heavy atom. The fraction of sp³-hybridized carbons (Fsp3) is 0.590. The first-order chi connectivity index (χ1) is 23.2. The van der Waals surface area contributed by atoms with Gasteiger partial charge >= 0.3 is 18.1 Å². The van der Waals surface area contributed by atoms with Crippen molar-refractivity contribution in [2.75, 3.05) is 6.54 Å². The number of hydrogen-bond donors (Lipinski definition) is 4. The molecule has 0 radical (unpaired) electrons. The van der Waals surface area contributed by atoms with Crippen LogP contribution in [0.3, 0.4) is 0 Å². The number of aliphatic hydroxyl groups is 1. The Labute approximate surface area is 298 Å². The molecule has 0 unspecified atom stereocenters. The van der Waals surface area contributed by atoms with Crippen LogP contribution in [0.4, 0.5) is 9.59 Å². The SMILES string of the molecule is CC(C)C[C@H](NC(=O)[C@@H](CC(C)C)NC(=O)N(Cc1ccccc1)C[C@@H](O)[C@@H](Cc1ccccc1)NC(=O)OC(C)(C)C)C(=O)OC(C)(C)C. The second-order valence-electron chi connectivity index (χ2n) is 15.7. The summed E-state index contributed by atoms with van der Waals surface area (Å²) in [5.41, 5.74) is 0.190. The van der Waals surface area contributed by atoms with E-state index in [0.29, 0.717) is 12.8 Å². The molecule has 4 N–H and O–H groups in total. The average molecular weight is 697 g/mol. The number of aliphatic hydroxyl groups excluding tert-OH is 1. The summed E-state index contributed by atoms with van der Waals surface area (Å²) in [6.45, 7) is 18.3. The maximum atomic E-state index is 14.1. The molecule has 2 aromatic rings. The molecule has 2 rings (SSSR count). The van der Waals surface area contributed by atoms with Crippen LogP contribution < -0.4 is 16.0 Å². The molecular weight excluding hydrogens is 636 g/mol. The zero-order valence-corrected chi connectivity index (χ0v) is 31.6. The summed E-state index contributed by atoms with van der Waals surface area (Å²) >= 11 is 0. The van der Waals surface area contributed by atoms with Gasteiger partial charge in [0.15, 0.2) is 0 Å². The lowest BCUT2D eigenvalue weighted by atomic mass is 10.00. The van der Waals surface area contributed by atoms with Crippen LogP contribution in [0.15, 0.2) is 60.7 Å². The number of nitrogens with zero attached hydrogens (tertiary/aromatic N) is 1. The van der Waals surface area contributed by atoms with E-state index in [9.17, 15) is 24.3 Å². The molecule has 11 nitrogen and oxygen atoms in total. The molecule has 0 aliphatic heterocycles. The molecule has 4 amide bonds. The van der Waals surface area contributed by atoms with E-state index in [1.165, 1.54) is 4.90 Å². The number of nitrogens with one attached hydrogen (secondary N) is 3. The van der Waals surface area contributed by atoms with Gasteiger partial charge in [-0.2, -0.15) is 0 Å². The number of hydrogen-bond acceptors (Lipinski definition) is 7. The Morgan fingerprint density at radius 3 is 1.70 bits per heavy atom. The summed E-state index contributed by atoms with van der Waals surface area (Å²) in [7, 11) is 0. The minimum absolute atomic E-state index is 0.0255. The molecule has 0 aliphatic rings. The van der Waals surface area contributed by atoms with Crippen LogP contribution in [0.25, 0.3) is 0 Å². The van der Waals surface area contributed by atoms with Crippen LogP contribution in [0.1, 0.15) is 93.2 Å². The molecule has 0 saturated carbocycles. The van der Waals surface area contributed by atoms with Crippen molar-refractivity contribution in [1.82, 2.24) is 20.9 Å². The summed E-state index contributed by atoms with van der Waals surface area (Å²) in [5, 5.41) is 20.2. The molecule has 0 spiro atoms. The number of benzene rings is 2. The molecule has 0 aromatic heterocycles. The van der Waals surface area contributed by atoms with Gasteiger partial charge in [-0.15, -0.1) is 0 Å². The van der Waals surface area contributed by atoms with Crippen molar-refractivity contribution in [3.05, 3.63) is 71.8 Å². The Morgan fingerprint density at radius 1 is 0.700 bits per heavy atom. The fourth-order valence-electron chi connectivity index (χ4n) is 5.26. The predicted octanol–water partition coefficient (Wildman–Crippen LogP) is 5.98. The molecular formula is C39H60N4O7. The van der Waals surface area contributed by atoms with Crippen molar-refractivity contribution in [2.24, 2.45) is 11.8 Å². The van der Waals surface area contributed by atoms with Crippen molar-refractivity contribution in [1.29, 1.82) is 0 Å². The first-order valence-electron chi connectivity index (χ1n) is 17.6. The summed E-state index contributed by atoms with van der Waals surface area (Å²) in [4.78, 5) is 55.2. The lowest BCUT2D eigenvalue weighted by Crippen LogP contribution is -2.57. The van der Waals surface area contributed by atoms with E-state index < -0.39 is 59.4 Å². The van der Waals surface area contributed by atoms with Crippen LogP contribution in [0.2, 0.25) is 0 Å². The number of ether oxygens (including phenoxy) is 2. The van der Waals surface area contributed by atoms with Gasteiger partial charge in [-0.05, 0) is 83.8 Å². The lowest BCUT2D eigenvalue weighted by Gasteiger charge is -2.32. The second-order valence-corrected chi connectivity index (χ2v) is 15.7. The van der Waals surface area contributed by atoms with Gasteiger partial charge in [-0.25, -0.2) is 14.4 Å². The van der Waals surface area contributed by atoms with E-state index in [1.807, 2.05) is 88.4 Å². The Bertz CT molecular complexity index is 1350. The molecule has 11 heteroatoms. The monoisotopic (exact) mass is 696 g/mol. The number of carbonyl (C=O) groups excluding carboxylic acids is 4. The zero-order chi connectivity index (χ0) is 37.6. The van der Waals surface area contributed by atoms with Crippen LogP contribution >= 0.6 is 0 Å². The lowest BCUT2D eigenvalue weighted by molar-refractivity contribution is -0.159. The highest BCUT2D eigenvalue weighted by Gasteiger charge is 2.33. The van der Waals surface area contributed by atoms with Crippen molar-refractivity contribution in [3.63, 3.8) is 0 Å². The first kappa shape index (κ1) is 42.0. The van der Waals surface area contributed by atoms with Crippen LogP contribution in [-0.4, -0.2) is 76.0 Å². The van der Waals surface area contributed by atoms with Gasteiger partial charge in [-0.1, -0.05) is 88.4 Å². The van der Waals surface area contributed by atoms with Crippen LogP contribution in [-0.2, 0) is 32.0 Å². The summed E-state index contributed by atoms with van der Waals surface area (Å²) in [5.74, 6) is -0.924. The summed E-state index contributed by atoms with van der Waals surface area (Å²) in [6.07, 6.45) is -0.951. The van der Waals surface area contributed by atoms with Gasteiger partial charge in [0.1, 0.15) is 23.3 Å². The first-order valence-corrected chi connectivity index (χ1v) is 17.6. The molecule has 50 heavy (non-hydrogen) atoms. The molecule has 0 fully saturated rings. The topological polar surface area (TPSA) is 146 Å². The third kappa shape index (κ3) is 16.5. The number of urea groups is 1. The standard InChI is InChI=1S/C39H60N4O7/c1-26(2)21-31(34(45)40-32(22-27(3)4)35(46)49-38(5,6)7)41-36(47)43(24-29-19-15-12-16-20-29)25-33(44)30(23-28-17-13-11-14-18-28)42-37(48)50-39(8,9)10/h11-20,26-27,30-33,44H,21-25H2,1-10H3,(H,40,45)(H,41,47)(H,42,48)/t30-,31-,32+,33-/m1/s1. The van der Waals surface area contributed by atoms with E-state index in [1.54, 1.807) is 41.5 Å². The summed E-state index contributed by atoms with van der Waals surface area (Å²) in [6, 6.07) is 15.4. The number of amides is 4. The average Bonchev–Trinajstić information content (AvgIpc) is 2.98. The van der Waals surface area contributed by atoms with Gasteiger partial charge < -0.3 is 35.4 Å². The number of carbonyl (C=O) groups is 4. The molecule has 4 atom stereocenters. The Hall–Kier alpha value is -4.12. The maximum Gasteiger partial charge on any atom is 0.407 e. The molecule has 0 saturated heterocycles. The third-order valence-corrected chi connectivity index (χ3v) is 7.41. The van der Waals surface area contributed by atoms with Gasteiger partial charge in [0.25, 0.3) is 0 Å². The second kappa shape index (κ2) is 19.3. The Kier molecular flexibility index (Phi) is 16.2. The number of rotatable bonds is 16. The predicted molar refractivity (Wildman–Crippen MR) is 195 cm³/mol. The zero-order valence-electron chi connectivity index (χ0n) is 31.6. The van der Waals surface area contributed by atoms with Crippen molar-refractivity contribution in [2.45, 2.75) is 130 Å². The normalized spacial score (nSPS) is 14.3. The molecule has 0 heterocycles. The number of esters is 1. The van der Waals surface area contributed by atoms with Crippen molar-refractivity contribution in [3.8, 4) is 0 Å².